The van der Waals surface area contributed by atoms with Crippen LogP contribution < -0.4 is 5.32 Å². The van der Waals surface area contributed by atoms with E-state index in [0.717, 1.165) is 10.5 Å². The molecule has 1 N–H and O–H groups in total. The Labute approximate surface area is 161 Å². The van der Waals surface area contributed by atoms with Gasteiger partial charge in [-0.1, -0.05) is 42.0 Å². The summed E-state index contributed by atoms with van der Waals surface area (Å²) < 4.78 is 13.6. The van der Waals surface area contributed by atoms with Crippen LogP contribution >= 0.6 is 11.8 Å². The third kappa shape index (κ3) is 5.05. The number of carbonyl (C=O) groups is 2. The van der Waals surface area contributed by atoms with Crippen LogP contribution in [0.2, 0.25) is 0 Å². The fourth-order valence-electron chi connectivity index (χ4n) is 2.45. The van der Waals surface area contributed by atoms with Gasteiger partial charge in [0.15, 0.2) is 5.78 Å². The molecule has 1 amide bonds. The van der Waals surface area contributed by atoms with E-state index < -0.39 is 11.7 Å². The Kier molecular flexibility index (Phi) is 6.04. The van der Waals surface area contributed by atoms with E-state index in [4.69, 9.17) is 0 Å². The summed E-state index contributed by atoms with van der Waals surface area (Å²) >= 11 is 1.43. The third-order valence-electron chi connectivity index (χ3n) is 3.97. The van der Waals surface area contributed by atoms with Crippen molar-refractivity contribution >= 4 is 29.1 Å². The van der Waals surface area contributed by atoms with Crippen LogP contribution in [0.4, 0.5) is 10.1 Å². The Morgan fingerprint density at radius 1 is 0.926 bits per heavy atom. The van der Waals surface area contributed by atoms with E-state index in [0.29, 0.717) is 17.0 Å². The molecule has 5 heteroatoms. The lowest BCUT2D eigenvalue weighted by molar-refractivity contribution is 0.101. The molecule has 3 aromatic carbocycles. The molecule has 3 nitrogen and oxygen atoms in total. The largest absolute Gasteiger partial charge is 0.322 e. The van der Waals surface area contributed by atoms with Gasteiger partial charge < -0.3 is 5.32 Å². The highest BCUT2D eigenvalue weighted by molar-refractivity contribution is 8.00. The zero-order valence-electron chi connectivity index (χ0n) is 14.7. The molecular weight excluding hydrogens is 361 g/mol. The number of benzene rings is 3. The maximum atomic E-state index is 13.6. The number of rotatable bonds is 6. The molecule has 0 bridgehead atoms. The van der Waals surface area contributed by atoms with Gasteiger partial charge in [0, 0.05) is 16.1 Å². The predicted octanol–water partition coefficient (Wildman–Crippen LogP) is 5.36. The minimum Gasteiger partial charge on any atom is -0.322 e. The van der Waals surface area contributed by atoms with Crippen LogP contribution in [0, 0.1) is 12.7 Å². The van der Waals surface area contributed by atoms with Crippen molar-refractivity contribution in [1.29, 1.82) is 0 Å². The Bertz CT molecular complexity index is 953. The van der Waals surface area contributed by atoms with Crippen LogP contribution in [0.25, 0.3) is 0 Å². The molecule has 0 spiro atoms. The van der Waals surface area contributed by atoms with Crippen LogP contribution in [0.3, 0.4) is 0 Å². The molecule has 0 aliphatic rings. The molecule has 0 unspecified atom stereocenters. The SMILES string of the molecule is Cc1ccc(C(=O)CSc2ccc(NC(=O)c3ccccc3F)cc2)cc1. The van der Waals surface area contributed by atoms with Crippen molar-refractivity contribution in [2.75, 3.05) is 11.1 Å². The van der Waals surface area contributed by atoms with E-state index in [1.54, 1.807) is 18.2 Å². The topological polar surface area (TPSA) is 46.2 Å². The standard InChI is InChI=1S/C22H18FNO2S/c1-15-6-8-16(9-7-15)21(25)14-27-18-12-10-17(11-13-18)24-22(26)19-4-2-3-5-20(19)23/h2-13H,14H2,1H3,(H,24,26). The number of hydrogen-bond donors (Lipinski definition) is 1. The van der Waals surface area contributed by atoms with Crippen LogP contribution in [0.15, 0.2) is 77.7 Å². The van der Waals surface area contributed by atoms with Gasteiger partial charge in [-0.05, 0) is 43.3 Å². The molecule has 136 valence electrons. The third-order valence-corrected chi connectivity index (χ3v) is 4.99. The summed E-state index contributed by atoms with van der Waals surface area (Å²) in [7, 11) is 0. The minimum absolute atomic E-state index is 0.000328. The number of carbonyl (C=O) groups excluding carboxylic acids is 2. The number of ketones is 1. The van der Waals surface area contributed by atoms with Gasteiger partial charge in [-0.3, -0.25) is 9.59 Å². The van der Waals surface area contributed by atoms with E-state index in [9.17, 15) is 14.0 Å². The number of Topliss-reactive ketones (excluding diaryl/α,β-unsaturated/α-hetero) is 1. The number of nitrogens with one attached hydrogen (secondary N) is 1. The molecular formula is C22H18FNO2S. The first-order valence-corrected chi connectivity index (χ1v) is 9.40. The van der Waals surface area contributed by atoms with Crippen molar-refractivity contribution < 1.29 is 14.0 Å². The summed E-state index contributed by atoms with van der Waals surface area (Å²) in [6.07, 6.45) is 0. The Balaban J connectivity index is 1.57. The summed E-state index contributed by atoms with van der Waals surface area (Å²) in [6.45, 7) is 1.98. The molecule has 0 aliphatic heterocycles. The van der Waals surface area contributed by atoms with Crippen LogP contribution in [-0.2, 0) is 0 Å². The van der Waals surface area contributed by atoms with Gasteiger partial charge in [-0.25, -0.2) is 4.39 Å². The van der Waals surface area contributed by atoms with Crippen LogP contribution in [-0.4, -0.2) is 17.4 Å². The first-order chi connectivity index (χ1) is 13.0. The first kappa shape index (κ1) is 18.9. The average molecular weight is 379 g/mol. The number of thioether (sulfide) groups is 1. The van der Waals surface area contributed by atoms with E-state index in [1.807, 2.05) is 43.3 Å². The van der Waals surface area contributed by atoms with Crippen molar-refractivity contribution in [1.82, 2.24) is 0 Å². The van der Waals surface area contributed by atoms with Gasteiger partial charge in [-0.15, -0.1) is 11.8 Å². The molecule has 0 atom stereocenters. The molecule has 0 aromatic heterocycles. The number of aryl methyl sites for hydroxylation is 1. The predicted molar refractivity (Wildman–Crippen MR) is 107 cm³/mol. The number of halogens is 1. The van der Waals surface area contributed by atoms with Crippen molar-refractivity contribution in [3.05, 3.63) is 95.3 Å². The van der Waals surface area contributed by atoms with Crippen LogP contribution in [0.5, 0.6) is 0 Å². The van der Waals surface area contributed by atoms with E-state index in [1.165, 1.54) is 30.0 Å². The van der Waals surface area contributed by atoms with Gasteiger partial charge in [0.1, 0.15) is 5.82 Å². The van der Waals surface area contributed by atoms with Crippen LogP contribution in [0.1, 0.15) is 26.3 Å². The maximum absolute atomic E-state index is 13.6. The quantitative estimate of drug-likeness (QED) is 0.463. The molecule has 0 heterocycles. The lowest BCUT2D eigenvalue weighted by Gasteiger charge is -2.07. The highest BCUT2D eigenvalue weighted by Crippen LogP contribution is 2.22. The second-order valence-electron chi connectivity index (χ2n) is 6.04. The summed E-state index contributed by atoms with van der Waals surface area (Å²) in [6, 6.07) is 20.5. The highest BCUT2D eigenvalue weighted by atomic mass is 32.2. The zero-order chi connectivity index (χ0) is 19.2. The normalized spacial score (nSPS) is 10.4. The molecule has 0 saturated heterocycles. The number of amides is 1. The monoisotopic (exact) mass is 379 g/mol. The lowest BCUT2D eigenvalue weighted by Crippen LogP contribution is -2.13. The van der Waals surface area contributed by atoms with E-state index in [-0.39, 0.29) is 11.3 Å². The van der Waals surface area contributed by atoms with Gasteiger partial charge >= 0.3 is 0 Å². The maximum Gasteiger partial charge on any atom is 0.258 e. The van der Waals surface area contributed by atoms with Crippen molar-refractivity contribution in [2.24, 2.45) is 0 Å². The van der Waals surface area contributed by atoms with Gasteiger partial charge in [0.25, 0.3) is 5.91 Å². The average Bonchev–Trinajstić information content (AvgIpc) is 2.68. The summed E-state index contributed by atoms with van der Waals surface area (Å²) in [5.74, 6) is -0.652. The highest BCUT2D eigenvalue weighted by Gasteiger charge is 2.11. The van der Waals surface area contributed by atoms with E-state index >= 15 is 0 Å². The number of anilines is 1. The second-order valence-corrected chi connectivity index (χ2v) is 7.08. The van der Waals surface area contributed by atoms with E-state index in [2.05, 4.69) is 5.32 Å². The first-order valence-electron chi connectivity index (χ1n) is 8.41. The molecule has 27 heavy (non-hydrogen) atoms. The van der Waals surface area contributed by atoms with Crippen molar-refractivity contribution in [3.8, 4) is 0 Å². The molecule has 3 rings (SSSR count). The lowest BCUT2D eigenvalue weighted by atomic mass is 10.1. The van der Waals surface area contributed by atoms with Gasteiger partial charge in [0.2, 0.25) is 0 Å². The number of hydrogen-bond acceptors (Lipinski definition) is 3. The Morgan fingerprint density at radius 2 is 1.59 bits per heavy atom. The Morgan fingerprint density at radius 3 is 2.26 bits per heavy atom. The van der Waals surface area contributed by atoms with Gasteiger partial charge in [0.05, 0.1) is 11.3 Å². The molecule has 0 radical (unpaired) electrons. The molecule has 3 aromatic rings. The van der Waals surface area contributed by atoms with Crippen molar-refractivity contribution in [2.45, 2.75) is 11.8 Å². The molecule has 0 saturated carbocycles. The molecule has 0 fully saturated rings. The Hall–Kier alpha value is -2.92. The summed E-state index contributed by atoms with van der Waals surface area (Å²) in [5, 5.41) is 2.67. The van der Waals surface area contributed by atoms with Gasteiger partial charge in [-0.2, -0.15) is 0 Å². The van der Waals surface area contributed by atoms with Crippen molar-refractivity contribution in [3.63, 3.8) is 0 Å². The zero-order valence-corrected chi connectivity index (χ0v) is 15.6. The fraction of sp³-hybridized carbons (Fsp3) is 0.0909. The summed E-state index contributed by atoms with van der Waals surface area (Å²) in [4.78, 5) is 25.2. The molecule has 0 aliphatic carbocycles. The smallest absolute Gasteiger partial charge is 0.258 e. The summed E-state index contributed by atoms with van der Waals surface area (Å²) in [5.41, 5.74) is 2.38. The second kappa shape index (κ2) is 8.64. The fourth-order valence-corrected chi connectivity index (χ4v) is 3.24. The minimum atomic E-state index is -0.559.